The number of hydrogen-bond acceptors (Lipinski definition) is 2. The van der Waals surface area contributed by atoms with Gasteiger partial charge in [0.15, 0.2) is 0 Å². The molecule has 0 bridgehead atoms. The van der Waals surface area contributed by atoms with Gasteiger partial charge in [-0.25, -0.2) is 0 Å². The van der Waals surface area contributed by atoms with Crippen molar-refractivity contribution in [2.75, 3.05) is 11.9 Å². The van der Waals surface area contributed by atoms with E-state index in [1.165, 1.54) is 0 Å². The normalized spacial score (nSPS) is 22.6. The molecule has 2 atom stereocenters. The Morgan fingerprint density at radius 3 is 3.06 bits per heavy atom. The first kappa shape index (κ1) is 10.2. The summed E-state index contributed by atoms with van der Waals surface area (Å²) in [6.45, 7) is 0.735. The zero-order chi connectivity index (χ0) is 11.8. The lowest BCUT2D eigenvalue weighted by molar-refractivity contribution is -0.138. The molecule has 0 saturated heterocycles. The fraction of sp³-hybridized carbons (Fsp3) is 0.308. The maximum absolute atomic E-state index is 10.7. The van der Waals surface area contributed by atoms with Gasteiger partial charge >= 0.3 is 5.97 Å². The predicted octanol–water partition coefficient (Wildman–Crippen LogP) is 2.30. The van der Waals surface area contributed by atoms with Crippen LogP contribution in [0.3, 0.4) is 0 Å². The van der Waals surface area contributed by atoms with Crippen LogP contribution in [0.4, 0.5) is 5.69 Å². The van der Waals surface area contributed by atoms with Crippen LogP contribution >= 0.6 is 0 Å². The van der Waals surface area contributed by atoms with Crippen molar-refractivity contribution in [3.63, 3.8) is 0 Å². The second kappa shape index (κ2) is 3.80. The number of fused-ring (bicyclic) bond motifs is 1. The summed E-state index contributed by atoms with van der Waals surface area (Å²) in [7, 11) is 0. The van der Waals surface area contributed by atoms with Crippen molar-refractivity contribution in [2.24, 2.45) is 11.8 Å². The highest BCUT2D eigenvalue weighted by Gasteiger charge is 2.42. The van der Waals surface area contributed by atoms with Crippen LogP contribution in [0, 0.1) is 11.8 Å². The van der Waals surface area contributed by atoms with Crippen LogP contribution in [-0.2, 0) is 4.79 Å². The molecule has 1 heterocycles. The lowest BCUT2D eigenvalue weighted by atomic mass is 10.2. The summed E-state index contributed by atoms with van der Waals surface area (Å²) < 4.78 is 0. The largest absolute Gasteiger partial charge is 0.481 e. The second-order valence-electron chi connectivity index (χ2n) is 4.57. The van der Waals surface area contributed by atoms with Gasteiger partial charge in [-0.2, -0.15) is 0 Å². The molecular weight excluding hydrogens is 216 g/mol. The van der Waals surface area contributed by atoms with E-state index in [0.717, 1.165) is 29.6 Å². The van der Waals surface area contributed by atoms with E-state index in [1.54, 1.807) is 0 Å². The Hall–Kier alpha value is -1.97. The molecule has 1 saturated carbocycles. The minimum absolute atomic E-state index is 0.146. The maximum Gasteiger partial charge on any atom is 0.306 e. The van der Waals surface area contributed by atoms with E-state index in [2.05, 4.69) is 16.4 Å². The molecule has 88 valence electrons. The van der Waals surface area contributed by atoms with Gasteiger partial charge < -0.3 is 15.4 Å². The Bertz CT molecular complexity index is 561. The Balaban J connectivity index is 1.68. The van der Waals surface area contributed by atoms with Gasteiger partial charge in [-0.05, 0) is 18.4 Å². The third-order valence-corrected chi connectivity index (χ3v) is 3.38. The number of carboxylic acid groups (broad SMARTS) is 1. The van der Waals surface area contributed by atoms with Gasteiger partial charge in [0.2, 0.25) is 0 Å². The summed E-state index contributed by atoms with van der Waals surface area (Å²) in [4.78, 5) is 13.9. The van der Waals surface area contributed by atoms with Crippen molar-refractivity contribution in [2.45, 2.75) is 6.42 Å². The fourth-order valence-electron chi connectivity index (χ4n) is 2.23. The number of carboxylic acids is 1. The van der Waals surface area contributed by atoms with Crippen molar-refractivity contribution in [3.05, 3.63) is 30.5 Å². The number of aromatic nitrogens is 1. The average molecular weight is 230 g/mol. The van der Waals surface area contributed by atoms with Crippen LogP contribution in [0.25, 0.3) is 10.9 Å². The first-order valence-electron chi connectivity index (χ1n) is 5.78. The van der Waals surface area contributed by atoms with Gasteiger partial charge in [-0.15, -0.1) is 0 Å². The van der Waals surface area contributed by atoms with Crippen molar-refractivity contribution >= 4 is 22.6 Å². The second-order valence-corrected chi connectivity index (χ2v) is 4.57. The molecule has 4 heteroatoms. The predicted molar refractivity (Wildman–Crippen MR) is 66.0 cm³/mol. The lowest BCUT2D eigenvalue weighted by Gasteiger charge is -2.03. The van der Waals surface area contributed by atoms with E-state index >= 15 is 0 Å². The maximum atomic E-state index is 10.7. The minimum Gasteiger partial charge on any atom is -0.481 e. The molecule has 1 aromatic heterocycles. The molecule has 1 aromatic carbocycles. The molecular formula is C13H14N2O2. The molecule has 2 aromatic rings. The first-order chi connectivity index (χ1) is 8.25. The highest BCUT2D eigenvalue weighted by molar-refractivity contribution is 5.92. The van der Waals surface area contributed by atoms with Gasteiger partial charge in [0.1, 0.15) is 0 Å². The highest BCUT2D eigenvalue weighted by Crippen LogP contribution is 2.38. The van der Waals surface area contributed by atoms with Crippen LogP contribution in [-0.4, -0.2) is 22.6 Å². The standard InChI is InChI=1S/C13H14N2O2/c16-13(17)10-5-8(10)6-14-12-7-15-11-4-2-1-3-9(11)12/h1-4,7-8,10,14-15H,5-6H2,(H,16,17). The van der Waals surface area contributed by atoms with Gasteiger partial charge in [0.05, 0.1) is 11.6 Å². The van der Waals surface area contributed by atoms with E-state index in [-0.39, 0.29) is 11.8 Å². The molecule has 3 rings (SSSR count). The summed E-state index contributed by atoms with van der Waals surface area (Å²) in [5, 5.41) is 13.3. The van der Waals surface area contributed by atoms with Gasteiger partial charge in [-0.1, -0.05) is 18.2 Å². The summed E-state index contributed by atoms with van der Waals surface area (Å²) in [6.07, 6.45) is 2.73. The summed E-state index contributed by atoms with van der Waals surface area (Å²) in [6, 6.07) is 8.07. The number of hydrogen-bond donors (Lipinski definition) is 3. The number of H-pyrrole nitrogens is 1. The van der Waals surface area contributed by atoms with Gasteiger partial charge in [0, 0.05) is 23.6 Å². The van der Waals surface area contributed by atoms with Crippen molar-refractivity contribution in [1.82, 2.24) is 4.98 Å². The topological polar surface area (TPSA) is 65.1 Å². The zero-order valence-corrected chi connectivity index (χ0v) is 9.31. The zero-order valence-electron chi connectivity index (χ0n) is 9.31. The summed E-state index contributed by atoms with van der Waals surface area (Å²) >= 11 is 0. The van der Waals surface area contributed by atoms with E-state index in [0.29, 0.717) is 0 Å². The quantitative estimate of drug-likeness (QED) is 0.755. The van der Waals surface area contributed by atoms with E-state index in [9.17, 15) is 4.79 Å². The number of aromatic amines is 1. The Morgan fingerprint density at radius 2 is 2.29 bits per heavy atom. The monoisotopic (exact) mass is 230 g/mol. The first-order valence-corrected chi connectivity index (χ1v) is 5.78. The number of aliphatic carboxylic acids is 1. The SMILES string of the molecule is O=C(O)C1CC1CNc1c[nH]c2ccccc12. The van der Waals surface area contributed by atoms with Gasteiger partial charge in [-0.3, -0.25) is 4.79 Å². The number of anilines is 1. The Labute approximate surface area is 98.6 Å². The molecule has 0 spiro atoms. The molecule has 0 amide bonds. The summed E-state index contributed by atoms with van der Waals surface area (Å²) in [5.41, 5.74) is 2.15. The number of nitrogens with one attached hydrogen (secondary N) is 2. The van der Waals surface area contributed by atoms with E-state index < -0.39 is 5.97 Å². The molecule has 2 unspecified atom stereocenters. The highest BCUT2D eigenvalue weighted by atomic mass is 16.4. The van der Waals surface area contributed by atoms with Crippen molar-refractivity contribution < 1.29 is 9.90 Å². The van der Waals surface area contributed by atoms with E-state index in [4.69, 9.17) is 5.11 Å². The molecule has 0 aliphatic heterocycles. The van der Waals surface area contributed by atoms with Crippen LogP contribution in [0.1, 0.15) is 6.42 Å². The molecule has 0 radical (unpaired) electrons. The van der Waals surface area contributed by atoms with E-state index in [1.807, 2.05) is 24.4 Å². The molecule has 1 fully saturated rings. The smallest absolute Gasteiger partial charge is 0.306 e. The van der Waals surface area contributed by atoms with Gasteiger partial charge in [0.25, 0.3) is 0 Å². The van der Waals surface area contributed by atoms with Crippen LogP contribution < -0.4 is 5.32 Å². The minimum atomic E-state index is -0.671. The van der Waals surface area contributed by atoms with Crippen LogP contribution in [0.15, 0.2) is 30.5 Å². The van der Waals surface area contributed by atoms with Crippen LogP contribution in [0.5, 0.6) is 0 Å². The number of para-hydroxylation sites is 1. The molecule has 4 nitrogen and oxygen atoms in total. The van der Waals surface area contributed by atoms with Crippen LogP contribution in [0.2, 0.25) is 0 Å². The molecule has 1 aliphatic carbocycles. The number of benzene rings is 1. The third kappa shape index (κ3) is 1.86. The lowest BCUT2D eigenvalue weighted by Crippen LogP contribution is -2.08. The molecule has 3 N–H and O–H groups in total. The number of rotatable bonds is 4. The third-order valence-electron chi connectivity index (χ3n) is 3.38. The average Bonchev–Trinajstić information content (AvgIpc) is 3.00. The van der Waals surface area contributed by atoms with Crippen molar-refractivity contribution in [3.8, 4) is 0 Å². The molecule has 1 aliphatic rings. The van der Waals surface area contributed by atoms with Crippen molar-refractivity contribution in [1.29, 1.82) is 0 Å². The number of carbonyl (C=O) groups is 1. The summed E-state index contributed by atoms with van der Waals surface area (Å²) in [5.74, 6) is -0.537. The molecule has 17 heavy (non-hydrogen) atoms. The Kier molecular flexibility index (Phi) is 2.28. The fourth-order valence-corrected chi connectivity index (χ4v) is 2.23. The Morgan fingerprint density at radius 1 is 1.47 bits per heavy atom.